The Hall–Kier alpha value is -3.19. The Bertz CT molecular complexity index is 1240. The number of ether oxygens (including phenoxy) is 1. The van der Waals surface area contributed by atoms with Crippen molar-refractivity contribution >= 4 is 32.8 Å². The van der Waals surface area contributed by atoms with Crippen LogP contribution < -0.4 is 4.74 Å². The predicted octanol–water partition coefficient (Wildman–Crippen LogP) is 6.66. The van der Waals surface area contributed by atoms with E-state index in [-0.39, 0.29) is 5.75 Å². The van der Waals surface area contributed by atoms with Crippen LogP contribution in [0.1, 0.15) is 20.2 Å². The highest BCUT2D eigenvalue weighted by molar-refractivity contribution is 7.19. The topological polar surface area (TPSA) is 9.23 Å². The van der Waals surface area contributed by atoms with Gasteiger partial charge in [0.15, 0.2) is 0 Å². The van der Waals surface area contributed by atoms with E-state index < -0.39 is 6.36 Å². The van der Waals surface area contributed by atoms with Gasteiger partial charge in [0, 0.05) is 10.3 Å². The summed E-state index contributed by atoms with van der Waals surface area (Å²) in [7, 11) is 0. The molecule has 0 unspecified atom stereocenters. The van der Waals surface area contributed by atoms with E-state index in [2.05, 4.69) is 46.6 Å². The average molecular weight is 424 g/mol. The fourth-order valence-corrected chi connectivity index (χ4v) is 4.14. The lowest BCUT2D eigenvalue weighted by Gasteiger charge is -2.07. The first kappa shape index (κ1) is 19.1. The Morgan fingerprint density at radius 2 is 1.34 bits per heavy atom. The minimum absolute atomic E-state index is 0.266. The molecule has 0 amide bonds. The molecule has 0 saturated heterocycles. The lowest BCUT2D eigenvalue weighted by atomic mass is 10.2. The Morgan fingerprint density at radius 3 is 2.03 bits per heavy atom. The van der Waals surface area contributed by atoms with E-state index in [1.54, 1.807) is 11.3 Å². The maximum absolute atomic E-state index is 12.2. The maximum Gasteiger partial charge on any atom is 0.573 e. The van der Waals surface area contributed by atoms with Gasteiger partial charge in [0.2, 0.25) is 0 Å². The van der Waals surface area contributed by atoms with Gasteiger partial charge >= 0.3 is 6.36 Å². The first-order valence-electron chi connectivity index (χ1n) is 8.43. The van der Waals surface area contributed by atoms with Gasteiger partial charge in [-0.25, -0.2) is 0 Å². The molecule has 2 heterocycles. The van der Waals surface area contributed by atoms with Gasteiger partial charge in [-0.1, -0.05) is 30.0 Å². The molecule has 0 fully saturated rings. The highest BCUT2D eigenvalue weighted by atomic mass is 32.1. The van der Waals surface area contributed by atoms with Crippen LogP contribution >= 0.6 is 22.7 Å². The van der Waals surface area contributed by atoms with Crippen LogP contribution in [0.3, 0.4) is 0 Å². The molecule has 0 saturated carbocycles. The molecule has 4 aromatic rings. The van der Waals surface area contributed by atoms with Crippen molar-refractivity contribution in [2.75, 3.05) is 0 Å². The second-order valence-electron chi connectivity index (χ2n) is 5.88. The second-order valence-corrected chi connectivity index (χ2v) is 8.05. The summed E-state index contributed by atoms with van der Waals surface area (Å²) in [6.45, 7) is 0. The van der Waals surface area contributed by atoms with E-state index in [0.717, 1.165) is 14.6 Å². The largest absolute Gasteiger partial charge is 0.573 e. The first-order valence-corrected chi connectivity index (χ1v) is 10.1. The van der Waals surface area contributed by atoms with Gasteiger partial charge in [-0.15, -0.1) is 35.8 Å². The molecule has 29 heavy (non-hydrogen) atoms. The Kier molecular flexibility index (Phi) is 5.31. The van der Waals surface area contributed by atoms with Crippen LogP contribution in [0.5, 0.6) is 5.75 Å². The van der Waals surface area contributed by atoms with E-state index in [1.807, 2.05) is 24.3 Å². The Balaban J connectivity index is 1.45. The van der Waals surface area contributed by atoms with Crippen LogP contribution in [0.15, 0.2) is 66.7 Å². The predicted molar refractivity (Wildman–Crippen MR) is 111 cm³/mol. The van der Waals surface area contributed by atoms with Crippen molar-refractivity contribution in [3.05, 3.63) is 86.9 Å². The van der Waals surface area contributed by atoms with Gasteiger partial charge in [-0.05, 0) is 65.8 Å². The molecule has 0 atom stereocenters. The molecule has 0 aliphatic carbocycles. The van der Waals surface area contributed by atoms with Gasteiger partial charge in [0.05, 0.1) is 14.6 Å². The van der Waals surface area contributed by atoms with Crippen molar-refractivity contribution in [3.8, 4) is 29.4 Å². The zero-order valence-corrected chi connectivity index (χ0v) is 16.3. The summed E-state index contributed by atoms with van der Waals surface area (Å²) >= 11 is 3.13. The zero-order chi connectivity index (χ0) is 20.3. The van der Waals surface area contributed by atoms with Crippen molar-refractivity contribution in [3.63, 3.8) is 0 Å². The van der Waals surface area contributed by atoms with Gasteiger partial charge in [-0.2, -0.15) is 0 Å². The van der Waals surface area contributed by atoms with E-state index in [0.29, 0.717) is 5.56 Å². The number of rotatable bonds is 1. The molecule has 1 nitrogen and oxygen atoms in total. The SMILES string of the molecule is FC(F)(F)Oc1ccc(C#Cc2ccc(C#Cc3cc4ccccc4s3)s2)cc1. The summed E-state index contributed by atoms with van der Waals surface area (Å²) in [6, 6.07) is 19.5. The molecule has 0 N–H and O–H groups in total. The number of hydrogen-bond acceptors (Lipinski definition) is 3. The zero-order valence-electron chi connectivity index (χ0n) is 14.7. The average Bonchev–Trinajstić information content (AvgIpc) is 3.31. The molecule has 4 rings (SSSR count). The number of fused-ring (bicyclic) bond motifs is 1. The minimum Gasteiger partial charge on any atom is -0.406 e. The van der Waals surface area contributed by atoms with Gasteiger partial charge in [0.25, 0.3) is 0 Å². The first-order chi connectivity index (χ1) is 13.9. The van der Waals surface area contributed by atoms with Crippen LogP contribution in [0, 0.1) is 23.7 Å². The molecule has 0 aliphatic rings. The standard InChI is InChI=1S/C23H11F3OS2/c24-23(25,26)27-18-8-5-16(6-9-18)7-10-19-11-12-20(28-19)13-14-21-15-17-3-1-2-4-22(17)29-21/h1-6,8-9,11-12,15H. The van der Waals surface area contributed by atoms with Crippen molar-refractivity contribution < 1.29 is 17.9 Å². The highest BCUT2D eigenvalue weighted by Crippen LogP contribution is 2.25. The third kappa shape index (κ3) is 5.20. The number of thiophene rings is 2. The molecule has 0 bridgehead atoms. The third-order valence-corrected chi connectivity index (χ3v) is 5.71. The summed E-state index contributed by atoms with van der Waals surface area (Å²) < 4.78 is 41.6. The van der Waals surface area contributed by atoms with E-state index in [9.17, 15) is 13.2 Å². The normalized spacial score (nSPS) is 10.7. The molecule has 0 radical (unpaired) electrons. The summed E-state index contributed by atoms with van der Waals surface area (Å²) in [5.74, 6) is 12.0. The fourth-order valence-electron chi connectivity index (χ4n) is 2.51. The third-order valence-electron chi connectivity index (χ3n) is 3.76. The molecule has 0 spiro atoms. The molecular formula is C23H11F3OS2. The summed E-state index contributed by atoms with van der Waals surface area (Å²) in [5, 5.41) is 1.19. The molecule has 6 heteroatoms. The lowest BCUT2D eigenvalue weighted by Crippen LogP contribution is -2.16. The number of halogens is 3. The maximum atomic E-state index is 12.2. The number of hydrogen-bond donors (Lipinski definition) is 0. The van der Waals surface area contributed by atoms with Crippen molar-refractivity contribution in [2.24, 2.45) is 0 Å². The number of benzene rings is 2. The molecular weight excluding hydrogens is 413 g/mol. The van der Waals surface area contributed by atoms with Gasteiger partial charge in [0.1, 0.15) is 5.75 Å². The Labute approximate surface area is 173 Å². The van der Waals surface area contributed by atoms with Crippen molar-refractivity contribution in [2.45, 2.75) is 6.36 Å². The van der Waals surface area contributed by atoms with E-state index in [4.69, 9.17) is 0 Å². The van der Waals surface area contributed by atoms with Gasteiger partial charge < -0.3 is 4.74 Å². The monoisotopic (exact) mass is 424 g/mol. The summed E-state index contributed by atoms with van der Waals surface area (Å²) in [4.78, 5) is 2.75. The smallest absolute Gasteiger partial charge is 0.406 e. The molecule has 2 aromatic heterocycles. The minimum atomic E-state index is -4.70. The fraction of sp³-hybridized carbons (Fsp3) is 0.0435. The van der Waals surface area contributed by atoms with Crippen LogP contribution in [0.25, 0.3) is 10.1 Å². The van der Waals surface area contributed by atoms with E-state index in [1.165, 1.54) is 45.7 Å². The summed E-state index contributed by atoms with van der Waals surface area (Å²) in [5.41, 5.74) is 0.603. The van der Waals surface area contributed by atoms with Crippen molar-refractivity contribution in [1.29, 1.82) is 0 Å². The van der Waals surface area contributed by atoms with Crippen LogP contribution in [0.2, 0.25) is 0 Å². The second kappa shape index (κ2) is 8.05. The molecule has 2 aromatic carbocycles. The van der Waals surface area contributed by atoms with Crippen LogP contribution in [-0.4, -0.2) is 6.36 Å². The quantitative estimate of drug-likeness (QED) is 0.311. The summed E-state index contributed by atoms with van der Waals surface area (Å²) in [6.07, 6.45) is -4.70. The van der Waals surface area contributed by atoms with E-state index >= 15 is 0 Å². The Morgan fingerprint density at radius 1 is 0.690 bits per heavy atom. The molecule has 142 valence electrons. The van der Waals surface area contributed by atoms with Crippen LogP contribution in [0.4, 0.5) is 13.2 Å². The van der Waals surface area contributed by atoms with Gasteiger partial charge in [-0.3, -0.25) is 0 Å². The van der Waals surface area contributed by atoms with Crippen LogP contribution in [-0.2, 0) is 0 Å². The number of alkyl halides is 3. The molecule has 0 aliphatic heterocycles. The van der Waals surface area contributed by atoms with Crippen molar-refractivity contribution in [1.82, 2.24) is 0 Å². The highest BCUT2D eigenvalue weighted by Gasteiger charge is 2.30. The lowest BCUT2D eigenvalue weighted by molar-refractivity contribution is -0.274.